The van der Waals surface area contributed by atoms with Gasteiger partial charge in [-0.15, -0.1) is 0 Å². The average molecular weight is 444 g/mol. The molecule has 3 rings (SSSR count). The molecule has 0 bridgehead atoms. The van der Waals surface area contributed by atoms with Gasteiger partial charge in [0.15, 0.2) is 6.61 Å². The van der Waals surface area contributed by atoms with Crippen molar-refractivity contribution in [2.24, 2.45) is 5.73 Å². The number of furan rings is 1. The van der Waals surface area contributed by atoms with E-state index in [2.05, 4.69) is 10.1 Å². The number of amides is 4. The molecule has 0 aliphatic carbocycles. The molecule has 2 aromatic rings. The number of nitrogens with two attached hydrogens (primary N) is 1. The van der Waals surface area contributed by atoms with E-state index in [0.717, 1.165) is 17.0 Å². The van der Waals surface area contributed by atoms with Crippen LogP contribution < -0.4 is 15.8 Å². The number of carbonyl (C=O) groups is 4. The molecular weight excluding hydrogens is 428 g/mol. The van der Waals surface area contributed by atoms with Crippen LogP contribution >= 0.6 is 0 Å². The minimum atomic E-state index is -0.776. The van der Waals surface area contributed by atoms with Crippen molar-refractivity contribution in [3.8, 4) is 5.75 Å². The molecule has 1 saturated heterocycles. The number of nitro benzene ring substituents is 1. The second-order valence-electron chi connectivity index (χ2n) is 6.37. The van der Waals surface area contributed by atoms with E-state index in [9.17, 15) is 29.3 Å². The number of nitrogens with zero attached hydrogens (tertiary/aromatic N) is 2. The zero-order valence-electron chi connectivity index (χ0n) is 16.5. The zero-order chi connectivity index (χ0) is 23.4. The normalized spacial score (nSPS) is 14.4. The Balaban J connectivity index is 1.86. The third kappa shape index (κ3) is 4.72. The number of nitro groups is 1. The second-order valence-corrected chi connectivity index (χ2v) is 6.37. The number of ether oxygens (including phenoxy) is 2. The summed E-state index contributed by atoms with van der Waals surface area (Å²) >= 11 is 0. The van der Waals surface area contributed by atoms with Crippen LogP contribution in [0.15, 0.2) is 40.4 Å². The first kappa shape index (κ1) is 22.0. The Hall–Kier alpha value is -4.68. The van der Waals surface area contributed by atoms with E-state index < -0.39 is 35.3 Å². The Morgan fingerprint density at radius 1 is 1.28 bits per heavy atom. The maximum Gasteiger partial charge on any atom is 0.373 e. The smallest absolute Gasteiger partial charge is 0.373 e. The van der Waals surface area contributed by atoms with Gasteiger partial charge in [0.2, 0.25) is 5.76 Å². The average Bonchev–Trinajstić information content (AvgIpc) is 3.32. The van der Waals surface area contributed by atoms with Crippen LogP contribution in [0.5, 0.6) is 5.75 Å². The van der Waals surface area contributed by atoms with Crippen molar-refractivity contribution >= 4 is 35.6 Å². The lowest BCUT2D eigenvalue weighted by molar-refractivity contribution is -0.384. The van der Waals surface area contributed by atoms with Crippen LogP contribution in [0.4, 0.5) is 10.5 Å². The summed E-state index contributed by atoms with van der Waals surface area (Å²) in [6.07, 6.45) is 1.17. The largest absolute Gasteiger partial charge is 0.483 e. The molecule has 0 atom stereocenters. The van der Waals surface area contributed by atoms with Crippen molar-refractivity contribution in [1.82, 2.24) is 10.2 Å². The fraction of sp³-hybridized carbons (Fsp3) is 0.158. The maximum atomic E-state index is 12.7. The molecule has 166 valence electrons. The number of nitrogens with one attached hydrogen (secondary N) is 1. The van der Waals surface area contributed by atoms with Gasteiger partial charge in [0, 0.05) is 17.7 Å². The molecule has 13 heteroatoms. The van der Waals surface area contributed by atoms with Gasteiger partial charge in [-0.25, -0.2) is 9.59 Å². The Bertz CT molecular complexity index is 1150. The molecule has 32 heavy (non-hydrogen) atoms. The lowest BCUT2D eigenvalue weighted by atomic mass is 10.1. The number of benzene rings is 1. The molecule has 1 aromatic heterocycles. The van der Waals surface area contributed by atoms with E-state index in [1.807, 2.05) is 0 Å². The van der Waals surface area contributed by atoms with Gasteiger partial charge in [-0.05, 0) is 24.3 Å². The molecule has 0 radical (unpaired) electrons. The maximum absolute atomic E-state index is 12.7. The number of imide groups is 1. The van der Waals surface area contributed by atoms with Crippen molar-refractivity contribution in [2.75, 3.05) is 13.7 Å². The van der Waals surface area contributed by atoms with Crippen molar-refractivity contribution in [1.29, 1.82) is 0 Å². The molecule has 4 amide bonds. The number of hydrogen-bond acceptors (Lipinski definition) is 9. The minimum absolute atomic E-state index is 0.0381. The number of non-ortho nitro benzene ring substituents is 1. The first-order valence-corrected chi connectivity index (χ1v) is 8.90. The van der Waals surface area contributed by atoms with Crippen LogP contribution in [-0.2, 0) is 20.9 Å². The van der Waals surface area contributed by atoms with Gasteiger partial charge in [-0.2, -0.15) is 0 Å². The zero-order valence-corrected chi connectivity index (χ0v) is 16.5. The highest BCUT2D eigenvalue weighted by Gasteiger charge is 2.34. The Labute approximate surface area is 179 Å². The van der Waals surface area contributed by atoms with Crippen LogP contribution in [0.1, 0.15) is 21.9 Å². The fourth-order valence-electron chi connectivity index (χ4n) is 2.74. The summed E-state index contributed by atoms with van der Waals surface area (Å²) in [7, 11) is 1.17. The Morgan fingerprint density at radius 2 is 2.03 bits per heavy atom. The lowest BCUT2D eigenvalue weighted by Gasteiger charge is -2.09. The summed E-state index contributed by atoms with van der Waals surface area (Å²) in [5.41, 5.74) is 4.62. The predicted molar refractivity (Wildman–Crippen MR) is 105 cm³/mol. The van der Waals surface area contributed by atoms with Crippen LogP contribution in [0.3, 0.4) is 0 Å². The van der Waals surface area contributed by atoms with Gasteiger partial charge in [0.1, 0.15) is 17.2 Å². The van der Waals surface area contributed by atoms with Crippen molar-refractivity contribution in [2.45, 2.75) is 6.54 Å². The van der Waals surface area contributed by atoms with Crippen LogP contribution in [-0.4, -0.2) is 47.4 Å². The number of rotatable bonds is 8. The summed E-state index contributed by atoms with van der Waals surface area (Å²) in [6.45, 7) is -0.777. The van der Waals surface area contributed by atoms with Crippen LogP contribution in [0.2, 0.25) is 0 Å². The van der Waals surface area contributed by atoms with Gasteiger partial charge in [-0.1, -0.05) is 0 Å². The van der Waals surface area contributed by atoms with E-state index in [0.29, 0.717) is 0 Å². The summed E-state index contributed by atoms with van der Waals surface area (Å²) in [6, 6.07) is 5.47. The molecule has 2 heterocycles. The van der Waals surface area contributed by atoms with E-state index in [1.165, 1.54) is 31.4 Å². The highest BCUT2D eigenvalue weighted by atomic mass is 16.6. The van der Waals surface area contributed by atoms with Gasteiger partial charge < -0.3 is 24.9 Å². The lowest BCUT2D eigenvalue weighted by Crippen LogP contribution is -2.30. The van der Waals surface area contributed by atoms with Gasteiger partial charge in [0.25, 0.3) is 17.5 Å². The number of hydrogen-bond donors (Lipinski definition) is 2. The first-order chi connectivity index (χ1) is 15.2. The molecule has 1 aromatic carbocycles. The molecule has 13 nitrogen and oxygen atoms in total. The molecule has 0 saturated carbocycles. The topological polar surface area (TPSA) is 184 Å². The number of esters is 1. The highest BCUT2D eigenvalue weighted by molar-refractivity contribution is 6.14. The third-order valence-corrected chi connectivity index (χ3v) is 4.20. The van der Waals surface area contributed by atoms with Crippen molar-refractivity contribution < 1.29 is 38.0 Å². The molecule has 0 spiro atoms. The number of primary amides is 1. The van der Waals surface area contributed by atoms with Gasteiger partial charge >= 0.3 is 12.0 Å². The summed E-state index contributed by atoms with van der Waals surface area (Å²) in [4.78, 5) is 58.7. The van der Waals surface area contributed by atoms with E-state index in [4.69, 9.17) is 14.9 Å². The molecular formula is C19H16N4O9. The number of urea groups is 1. The quantitative estimate of drug-likeness (QED) is 0.196. The summed E-state index contributed by atoms with van der Waals surface area (Å²) < 4.78 is 15.0. The standard InChI is InChI=1S/C19H16N4O9/c1-30-18(26)15-5-3-12(32-15)8-22-17(25)13(21-19(22)27)7-10-6-11(23(28)29)2-4-14(10)31-9-16(20)24/h2-7H,8-9H2,1H3,(H2,20,24)(H,21,27). The molecule has 1 aliphatic rings. The van der Waals surface area contributed by atoms with Crippen LogP contribution in [0, 0.1) is 10.1 Å². The molecule has 0 unspecified atom stereocenters. The fourth-order valence-corrected chi connectivity index (χ4v) is 2.74. The predicted octanol–water partition coefficient (Wildman–Crippen LogP) is 0.931. The van der Waals surface area contributed by atoms with E-state index in [1.54, 1.807) is 0 Å². The SMILES string of the molecule is COC(=O)c1ccc(CN2C(=O)NC(=Cc3cc([N+](=O)[O-])ccc3OCC(N)=O)C2=O)o1. The highest BCUT2D eigenvalue weighted by Crippen LogP contribution is 2.28. The van der Waals surface area contributed by atoms with E-state index >= 15 is 0 Å². The number of methoxy groups -OCH3 is 1. The molecule has 3 N–H and O–H groups in total. The Kier molecular flexibility index (Phi) is 6.19. The second kappa shape index (κ2) is 8.99. The van der Waals surface area contributed by atoms with Gasteiger partial charge in [0.05, 0.1) is 18.6 Å². The third-order valence-electron chi connectivity index (χ3n) is 4.20. The van der Waals surface area contributed by atoms with Gasteiger partial charge in [-0.3, -0.25) is 24.6 Å². The summed E-state index contributed by atoms with van der Waals surface area (Å²) in [5.74, 6) is -2.16. The molecule has 1 fully saturated rings. The van der Waals surface area contributed by atoms with Crippen LogP contribution in [0.25, 0.3) is 6.08 Å². The van der Waals surface area contributed by atoms with Crippen molar-refractivity contribution in [3.63, 3.8) is 0 Å². The molecule has 1 aliphatic heterocycles. The number of carbonyl (C=O) groups excluding carboxylic acids is 4. The monoisotopic (exact) mass is 444 g/mol. The van der Waals surface area contributed by atoms with Crippen molar-refractivity contribution in [3.05, 3.63) is 63.2 Å². The first-order valence-electron chi connectivity index (χ1n) is 8.90. The van der Waals surface area contributed by atoms with E-state index in [-0.39, 0.29) is 40.8 Å². The summed E-state index contributed by atoms with van der Waals surface area (Å²) in [5, 5.41) is 13.4. The Morgan fingerprint density at radius 3 is 2.69 bits per heavy atom. The minimum Gasteiger partial charge on any atom is -0.483 e.